The summed E-state index contributed by atoms with van der Waals surface area (Å²) in [6, 6.07) is 0. The van der Waals surface area contributed by atoms with E-state index in [9.17, 15) is 47.9 Å². The van der Waals surface area contributed by atoms with Crippen LogP contribution >= 0.6 is 0 Å². The van der Waals surface area contributed by atoms with E-state index in [1.54, 1.807) is 0 Å². The van der Waals surface area contributed by atoms with Gasteiger partial charge in [0.25, 0.3) is 0 Å². The van der Waals surface area contributed by atoms with E-state index in [4.69, 9.17) is 47.4 Å². The van der Waals surface area contributed by atoms with Gasteiger partial charge in [-0.05, 0) is 413 Å². The molecule has 17 saturated carbocycles. The lowest BCUT2D eigenvalue weighted by Crippen LogP contribution is -2.69. The van der Waals surface area contributed by atoms with Crippen LogP contribution in [0.4, 0.5) is 0 Å². The van der Waals surface area contributed by atoms with Crippen LogP contribution < -0.4 is 0 Å². The summed E-state index contributed by atoms with van der Waals surface area (Å²) in [5, 5.41) is 0. The second kappa shape index (κ2) is 41.2. The van der Waals surface area contributed by atoms with Gasteiger partial charge in [-0.15, -0.1) is 0 Å². The first-order chi connectivity index (χ1) is 58.1. The minimum absolute atomic E-state index is 0.114. The molecule has 17 fully saturated rings. The van der Waals surface area contributed by atoms with Gasteiger partial charge < -0.3 is 47.4 Å². The molecular formula is C105H174O20. The van der Waals surface area contributed by atoms with Crippen LogP contribution in [0.2, 0.25) is 0 Å². The van der Waals surface area contributed by atoms with E-state index in [0.717, 1.165) is 122 Å². The Morgan fingerprint density at radius 2 is 0.520 bits per heavy atom. The quantitative estimate of drug-likeness (QED) is 0.0324. The molecule has 17 aliphatic rings. The van der Waals surface area contributed by atoms with Crippen molar-refractivity contribution >= 4 is 59.7 Å². The molecule has 0 saturated heterocycles. The molecule has 0 amide bonds. The number of carbonyl (C=O) groups is 10. The van der Waals surface area contributed by atoms with E-state index in [1.165, 1.54) is 148 Å². The third-order valence-corrected chi connectivity index (χ3v) is 35.9. The van der Waals surface area contributed by atoms with Crippen LogP contribution in [-0.2, 0) is 95.3 Å². The van der Waals surface area contributed by atoms with Crippen molar-refractivity contribution in [3.05, 3.63) is 0 Å². The molecule has 1 atom stereocenters. The third-order valence-electron chi connectivity index (χ3n) is 35.9. The van der Waals surface area contributed by atoms with Gasteiger partial charge in [-0.2, -0.15) is 0 Å². The molecule has 17 rings (SSSR count). The number of rotatable bonds is 35. The van der Waals surface area contributed by atoms with Crippen LogP contribution in [-0.4, -0.2) is 121 Å². The first-order valence-electron chi connectivity index (χ1n) is 50.1. The van der Waals surface area contributed by atoms with Gasteiger partial charge in [0.1, 0.15) is 28.0 Å². The predicted octanol–water partition coefficient (Wildman–Crippen LogP) is 23.3. The summed E-state index contributed by atoms with van der Waals surface area (Å²) in [7, 11) is 0. The van der Waals surface area contributed by atoms with Crippen LogP contribution in [0.3, 0.4) is 0 Å². The highest BCUT2D eigenvalue weighted by Gasteiger charge is 2.71. The van der Waals surface area contributed by atoms with Crippen LogP contribution in [0.5, 0.6) is 0 Å². The summed E-state index contributed by atoms with van der Waals surface area (Å²) < 4.78 is 55.5. The number of hydrogen-bond acceptors (Lipinski definition) is 20. The van der Waals surface area contributed by atoms with Gasteiger partial charge >= 0.3 is 59.7 Å². The van der Waals surface area contributed by atoms with Gasteiger partial charge in [0.2, 0.25) is 0 Å². The van der Waals surface area contributed by atoms with Gasteiger partial charge in [-0.1, -0.05) is 73.6 Å². The molecular weight excluding hydrogens is 1580 g/mol. The van der Waals surface area contributed by atoms with E-state index in [-0.39, 0.29) is 91.1 Å². The standard InChI is InChI=1S/C25H38O4.C23H38O4.C21H34O4.C19H34O4.C17H30O4/c1-6-23(2,3)22(27)28-13-21(26)29-24(4,5)25-10-18-15-7-14-8-16(18)20(12-25)17(9-14)19(15)11-25;1-6-21(2,3)20(25)26-9-7-8-19(24)27-22(4,5)23-13-16-10-17(14-23)12-18(11-16)15-23;1-6-19(2,3)18(23)24-13-17(22)25-20(4,5)21-10-14-7-15(11-21)9-16(8-14)12-21;1-6-18(2,3)17(21)22-14-10-13-16(20)23-19(4,5)15-11-8-7-9-12-15;1-6-16(3,4)15(19)20-12-14(18)21-17(5,7-2)13-10-8-9-11-13/h14-20H,6-13H2,1-5H3;16-18H,6-15H2,1-5H3;14-16H,6-13H2,1-5H3;15H,6-14H2,1-5H3;13H,6-12H2,1-5H3. The molecule has 0 aromatic carbocycles. The maximum Gasteiger partial charge on any atom is 0.344 e. The Hall–Kier alpha value is -5.30. The lowest BCUT2D eigenvalue weighted by atomic mass is 9.31. The minimum atomic E-state index is -0.561. The van der Waals surface area contributed by atoms with Crippen LogP contribution in [0.25, 0.3) is 0 Å². The second-order valence-corrected chi connectivity index (χ2v) is 47.7. The van der Waals surface area contributed by atoms with Crippen molar-refractivity contribution in [2.45, 2.75) is 439 Å². The number of carbonyl (C=O) groups excluding carboxylic acids is 10. The summed E-state index contributed by atoms with van der Waals surface area (Å²) in [4.78, 5) is 121. The van der Waals surface area contributed by atoms with Gasteiger partial charge in [0.15, 0.2) is 19.8 Å². The first kappa shape index (κ1) is 103. The number of esters is 10. The predicted molar refractivity (Wildman–Crippen MR) is 483 cm³/mol. The van der Waals surface area contributed by atoms with Crippen molar-refractivity contribution in [1.82, 2.24) is 0 Å². The zero-order valence-corrected chi connectivity index (χ0v) is 83.0. The molecule has 0 radical (unpaired) electrons. The minimum Gasteiger partial charge on any atom is -0.465 e. The fraction of sp³-hybridized carbons (Fsp3) is 0.905. The van der Waals surface area contributed by atoms with Crippen molar-refractivity contribution in [1.29, 1.82) is 0 Å². The molecule has 714 valence electrons. The summed E-state index contributed by atoms with van der Waals surface area (Å²) in [5.41, 5.74) is -4.40. The third kappa shape index (κ3) is 24.7. The molecule has 20 heteroatoms. The fourth-order valence-electron chi connectivity index (χ4n) is 26.0. The maximum atomic E-state index is 12.6. The average Bonchev–Trinajstić information content (AvgIpc) is 0.731. The normalized spacial score (nSPS) is 30.4. The van der Waals surface area contributed by atoms with Crippen molar-refractivity contribution in [2.75, 3.05) is 33.0 Å². The van der Waals surface area contributed by atoms with Crippen molar-refractivity contribution in [3.63, 3.8) is 0 Å². The molecule has 1 unspecified atom stereocenters. The highest BCUT2D eigenvalue weighted by molar-refractivity contribution is 5.82. The van der Waals surface area contributed by atoms with Gasteiger partial charge in [0, 0.05) is 29.1 Å². The van der Waals surface area contributed by atoms with Crippen LogP contribution in [0.1, 0.15) is 411 Å². The Morgan fingerprint density at radius 3 is 0.816 bits per heavy atom. The summed E-state index contributed by atoms with van der Waals surface area (Å²) in [6.07, 6.45) is 40.3. The first-order valence-corrected chi connectivity index (χ1v) is 50.1. The number of ether oxygens (including phenoxy) is 10. The van der Waals surface area contributed by atoms with Crippen molar-refractivity contribution in [3.8, 4) is 0 Å². The van der Waals surface area contributed by atoms with Gasteiger partial charge in [0.05, 0.1) is 40.3 Å². The lowest BCUT2D eigenvalue weighted by molar-refractivity contribution is -0.273. The van der Waals surface area contributed by atoms with Crippen LogP contribution in [0, 0.1) is 132 Å². The van der Waals surface area contributed by atoms with E-state index in [2.05, 4.69) is 41.5 Å². The molecule has 16 bridgehead atoms. The van der Waals surface area contributed by atoms with E-state index in [0.29, 0.717) is 56.8 Å². The fourth-order valence-corrected chi connectivity index (χ4v) is 26.0. The highest BCUT2D eigenvalue weighted by atomic mass is 16.6. The summed E-state index contributed by atoms with van der Waals surface area (Å²) >= 11 is 0. The molecule has 0 spiro atoms. The van der Waals surface area contributed by atoms with Gasteiger partial charge in [-0.25, -0.2) is 14.4 Å². The Labute approximate surface area is 754 Å². The maximum absolute atomic E-state index is 12.6. The molecule has 0 N–H and O–H groups in total. The zero-order valence-electron chi connectivity index (χ0n) is 83.0. The van der Waals surface area contributed by atoms with E-state index < -0.39 is 73.0 Å². The molecule has 125 heavy (non-hydrogen) atoms. The van der Waals surface area contributed by atoms with E-state index in [1.807, 2.05) is 132 Å². The molecule has 0 heterocycles. The zero-order chi connectivity index (χ0) is 92.7. The molecule has 0 aliphatic heterocycles. The summed E-state index contributed by atoms with van der Waals surface area (Å²) in [5.74, 6) is 9.33. The van der Waals surface area contributed by atoms with Gasteiger partial charge in [-0.3, -0.25) is 33.6 Å². The summed E-state index contributed by atoms with van der Waals surface area (Å²) in [6.45, 7) is 48.7. The SMILES string of the molecule is CCC(C)(C)C(=O)OCC(=O)OC(C)(C)C12CC3C4CC5CC3C(C1)C(C5)C4C2.CCC(C)(C)C(=O)OCC(=O)OC(C)(C)C12CC3CC(CC(C3)C1)C2.CCC(C)(C)C(=O)OCC(=O)OC(C)(CC)C1CCCC1.CCC(C)(C)C(=O)OCCCC(=O)OC(C)(C)C12CC3CC(CC(C3)C1)C2.CCC(C)(C)C(=O)OCCCC(=O)OC(C)(C)C1CCCCC1. The Bertz CT molecular complexity index is 3550. The molecule has 0 aromatic rings. The van der Waals surface area contributed by atoms with Crippen molar-refractivity contribution < 1.29 is 95.3 Å². The van der Waals surface area contributed by atoms with Crippen LogP contribution in [0.15, 0.2) is 0 Å². The Balaban J connectivity index is 0.000000178. The Kier molecular flexibility index (Phi) is 34.1. The lowest BCUT2D eigenvalue weighted by Gasteiger charge is -2.74. The molecule has 17 aliphatic carbocycles. The monoisotopic (exact) mass is 1760 g/mol. The highest BCUT2D eigenvalue weighted by Crippen LogP contribution is 2.76. The molecule has 0 aromatic heterocycles. The van der Waals surface area contributed by atoms with E-state index >= 15 is 0 Å². The molecule has 20 nitrogen and oxygen atoms in total. The van der Waals surface area contributed by atoms with Crippen molar-refractivity contribution in [2.24, 2.45) is 132 Å². The smallest absolute Gasteiger partial charge is 0.344 e. The topological polar surface area (TPSA) is 263 Å². The number of hydrogen-bond donors (Lipinski definition) is 0. The largest absolute Gasteiger partial charge is 0.465 e. The average molecular weight is 1760 g/mol. The Morgan fingerprint density at radius 1 is 0.264 bits per heavy atom. The second-order valence-electron chi connectivity index (χ2n) is 47.7.